The summed E-state index contributed by atoms with van der Waals surface area (Å²) < 4.78 is 636. The standard InChI is InChI=1S/2C37H40F4N4O2S.C36H38F4N4O2S/c2*1-4-43(5-2)18-19-44(22-26-6-10-28(11-7-26)29-12-14-30(15-13-29)37(39,40)41)34(46)23-45-33-21-25(3)20-32(33)35(47)42-36(45)48-24-27-8-16-31(38)17-9-27;1-3-42(4-2)20-21-43(22-25-8-12-27(13-9-25)28-14-16-29(17-15-28)36(38,39)40)33(45)23-44-32-7-5-6-31(32)34(46)41-35(44)47-24-26-10-18-30(37)19-11-26/h2*6-17,25H,4-5,18-24H2,1-3H3;8-19H,3-7,20-24H2,1-2H3/i6D,7D,8D,9D,10D,11D,12D,13D,14D,15D,16D,17D,18D2,19D2,20D2,21D2,23D2,24D2,25D;4D2,5D2,18D2,19D2,20D2,21D2,23D2,24D2,25D;3D2,4D2,20D2,21D2,23D2,24D2. The third-order valence-electron chi connectivity index (χ3n) is 20.3. The van der Waals surface area contributed by atoms with E-state index in [-0.39, 0.29) is 128 Å². The minimum Gasteiger partial charge on any atom is -0.336 e. The molecule has 18 nitrogen and oxygen atoms in total. The Bertz CT molecular complexity index is 9370. The van der Waals surface area contributed by atoms with Crippen molar-refractivity contribution in [1.29, 1.82) is 0 Å². The van der Waals surface area contributed by atoms with E-state index in [1.54, 1.807) is 0 Å². The van der Waals surface area contributed by atoms with E-state index in [1.807, 2.05) is 0 Å². The molecule has 9 aromatic carbocycles. The van der Waals surface area contributed by atoms with Crippen molar-refractivity contribution in [3.63, 3.8) is 0 Å². The first-order valence-corrected chi connectivity index (χ1v) is 44.9. The van der Waals surface area contributed by atoms with Gasteiger partial charge in [-0.25, -0.2) is 13.2 Å². The largest absolute Gasteiger partial charge is 0.416 e. The number of carbonyl (C=O) groups excluding carboxylic acids is 3. The van der Waals surface area contributed by atoms with Gasteiger partial charge < -0.3 is 43.1 Å². The number of hydrogen-bond acceptors (Lipinski definition) is 15. The number of carbonyl (C=O) groups is 3. The lowest BCUT2D eigenvalue weighted by Gasteiger charge is -2.28. The molecule has 12 aromatic rings. The van der Waals surface area contributed by atoms with Gasteiger partial charge in [-0.05, 0) is 235 Å². The normalized spacial score (nSPS) is 23.4. The zero-order chi connectivity index (χ0) is 151. The molecule has 0 spiro atoms. The second kappa shape index (κ2) is 50.1. The molecule has 143 heavy (non-hydrogen) atoms. The summed E-state index contributed by atoms with van der Waals surface area (Å²) >= 11 is -0.477. The maximum absolute atomic E-state index is 15.3. The summed E-state index contributed by atoms with van der Waals surface area (Å²) in [6.07, 6.45) is -28.2. The molecule has 3 aromatic heterocycles. The zero-order valence-corrected chi connectivity index (χ0v) is 78.5. The molecule has 15 rings (SSSR count). The molecular formula is C110H118F12N12O6S3. The molecular weight excluding hydrogens is 1910 g/mol. The van der Waals surface area contributed by atoms with Gasteiger partial charge in [0.1, 0.15) is 36.9 Å². The Kier molecular flexibility index (Phi) is 20.0. The number of benzene rings is 9. The molecule has 2 atom stereocenters. The van der Waals surface area contributed by atoms with Gasteiger partial charge >= 0.3 is 18.5 Å². The fourth-order valence-electron chi connectivity index (χ4n) is 13.1. The molecule has 0 radical (unpaired) electrons. The quantitative estimate of drug-likeness (QED) is 0.0202. The van der Waals surface area contributed by atoms with Crippen molar-refractivity contribution < 1.29 is 141 Å². The summed E-state index contributed by atoms with van der Waals surface area (Å²) in [4.78, 5) is 97.3. The van der Waals surface area contributed by atoms with Gasteiger partial charge in [0, 0.05) is 151 Å². The first-order valence-electron chi connectivity index (χ1n) is 69.4. The van der Waals surface area contributed by atoms with E-state index in [0.29, 0.717) is 42.9 Å². The van der Waals surface area contributed by atoms with Crippen LogP contribution in [0.15, 0.2) is 248 Å². The van der Waals surface area contributed by atoms with Crippen LogP contribution in [0.1, 0.15) is 220 Å². The molecule has 0 saturated heterocycles. The van der Waals surface area contributed by atoms with Gasteiger partial charge in [-0.15, -0.1) is 0 Å². The van der Waals surface area contributed by atoms with Crippen molar-refractivity contribution in [1.82, 2.24) is 58.1 Å². The number of amides is 3. The summed E-state index contributed by atoms with van der Waals surface area (Å²) in [7, 11) is 0. The maximum Gasteiger partial charge on any atom is 0.416 e. The highest BCUT2D eigenvalue weighted by Gasteiger charge is 2.36. The molecule has 3 aliphatic carbocycles. The maximum atomic E-state index is 15.3. The lowest BCUT2D eigenvalue weighted by atomic mass is 10.0. The lowest BCUT2D eigenvalue weighted by molar-refractivity contribution is -0.138. The van der Waals surface area contributed by atoms with E-state index in [4.69, 9.17) is 60.3 Å². The number of likely N-dealkylation sites (N-methyl/N-ethyl adjacent to an activating group) is 3. The first-order chi connectivity index (χ1) is 88.9. The molecule has 0 aliphatic heterocycles. The Labute approximate surface area is 914 Å². The average Bonchev–Trinajstić information content (AvgIpc) is 1.51. The average molecular weight is 2080 g/mol. The van der Waals surface area contributed by atoms with Gasteiger partial charge in [0.15, 0.2) is 15.5 Å². The van der Waals surface area contributed by atoms with Crippen molar-refractivity contribution in [3.05, 3.63) is 350 Å². The molecule has 756 valence electrons. The van der Waals surface area contributed by atoms with Crippen molar-refractivity contribution in [2.24, 2.45) is 11.8 Å². The summed E-state index contributed by atoms with van der Waals surface area (Å²) in [5.74, 6) is -15.9. The van der Waals surface area contributed by atoms with Gasteiger partial charge in [-0.3, -0.25) is 28.8 Å². The summed E-state index contributed by atoms with van der Waals surface area (Å²) in [5.41, 5.74) is -26.9. The second-order valence-electron chi connectivity index (χ2n) is 30.0. The smallest absolute Gasteiger partial charge is 0.336 e. The number of alkyl halides is 9. The third kappa shape index (κ3) is 29.7. The highest BCUT2D eigenvalue weighted by atomic mass is 32.2. The molecule has 0 saturated carbocycles. The first kappa shape index (κ1) is 57.1. The van der Waals surface area contributed by atoms with Crippen LogP contribution in [0, 0.1) is 29.2 Å². The highest BCUT2D eigenvalue weighted by molar-refractivity contribution is 7.98. The Morgan fingerprint density at radius 3 is 1.03 bits per heavy atom. The molecule has 0 bridgehead atoms. The van der Waals surface area contributed by atoms with E-state index in [9.17, 15) is 85.6 Å². The Morgan fingerprint density at radius 2 is 0.678 bits per heavy atom. The Morgan fingerprint density at radius 1 is 0.364 bits per heavy atom. The van der Waals surface area contributed by atoms with Crippen molar-refractivity contribution >= 4 is 53.0 Å². The Hall–Kier alpha value is -11.9. The van der Waals surface area contributed by atoms with Crippen LogP contribution in [-0.2, 0) is 127 Å². The molecule has 0 fully saturated rings. The second-order valence-corrected chi connectivity index (χ2v) is 32.3. The topological polar surface area (TPSA) is 175 Å². The summed E-state index contributed by atoms with van der Waals surface area (Å²) in [6, 6.07) is 8.91. The van der Waals surface area contributed by atoms with Crippen LogP contribution in [0.3, 0.4) is 0 Å². The van der Waals surface area contributed by atoms with Gasteiger partial charge in [-0.1, -0.05) is 236 Å². The van der Waals surface area contributed by atoms with Crippen molar-refractivity contribution in [3.8, 4) is 33.4 Å². The minimum absolute atomic E-state index is 0.00152. The predicted molar refractivity (Wildman–Crippen MR) is 539 cm³/mol. The highest BCUT2D eigenvalue weighted by Crippen LogP contribution is 2.38. The SMILES string of the molecule is [2H]C([2H])(Sc1nc(=O)c2c(n1C([2H])([2H])C(=O)N(Cc1ccc(-c3ccc(C(F)(F)F)cc3)cc1)C([2H])([2H])C([2H])([2H])N(C([2H])([2H])C)C([2H])([2H])C)C([2H])([2H])C([2H])(C)C2([2H])[2H])c1ccc(F)cc1.[2H]C([2H])(Sc1nc(=O)c2c(n1C([2H])([2H])C(=O)N(Cc1ccc(-c3ccc(C(F)(F)F)cc3)cc1)C([2H])([2H])C([2H])([2H])N(C([2H])([2H])C)C([2H])([2H])C)CCC2)c1ccc(F)cc1.[2H]c1c([2H])c(C([2H])([2H])Sc2nc(=O)c3c(n2C([2H])([2H])C(=O)N(Cc2c([2H])c([2H])c(-c4c([2H])c([2H])c(C(F)(F)F)c([2H])c4[2H])c([2H])c2[2H])C([2H])([2H])C([2H])([2H])N(CC)CC)C([2H])([2H])C([2H])(C)C3([2H])[2H])c([2H])c([2H])c1F. The molecule has 0 N–H and O–H groups in total. The van der Waals surface area contributed by atoms with Crippen molar-refractivity contribution in [2.75, 3.05) is 78.1 Å². The van der Waals surface area contributed by atoms with E-state index in [0.717, 1.165) is 111 Å². The minimum atomic E-state index is -5.46. The van der Waals surface area contributed by atoms with Crippen LogP contribution < -0.4 is 16.7 Å². The van der Waals surface area contributed by atoms with Gasteiger partial charge in [-0.2, -0.15) is 54.5 Å². The number of nitrogens with zero attached hydrogens (tertiary/aromatic N) is 12. The van der Waals surface area contributed by atoms with Crippen LogP contribution in [0.5, 0.6) is 0 Å². The fourth-order valence-corrected chi connectivity index (χ4v) is 15.2. The predicted octanol–water partition coefficient (Wildman–Crippen LogP) is 22.2. The van der Waals surface area contributed by atoms with Crippen molar-refractivity contribution in [2.45, 2.75) is 190 Å². The molecule has 3 aliphatic rings. The third-order valence-corrected chi connectivity index (χ3v) is 22.7. The number of aromatic nitrogens is 6. The molecule has 2 unspecified atom stereocenters. The number of halogens is 12. The molecule has 3 heterocycles. The van der Waals surface area contributed by atoms with E-state index >= 15 is 9.59 Å². The van der Waals surface area contributed by atoms with E-state index < -0.39 is 390 Å². The zero-order valence-electron chi connectivity index (χ0n) is 130. The van der Waals surface area contributed by atoms with Gasteiger partial charge in [0.25, 0.3) is 16.7 Å². The number of thioether (sulfide) groups is 3. The Balaban J connectivity index is 0.000000239. The monoisotopic (exact) mass is 2080 g/mol. The molecule has 3 amide bonds. The lowest BCUT2D eigenvalue weighted by Crippen LogP contribution is -2.40. The van der Waals surface area contributed by atoms with Crippen LogP contribution in [0.2, 0.25) is 0 Å². The van der Waals surface area contributed by atoms with Gasteiger partial charge in [0.05, 0.1) is 49.6 Å². The molecule has 33 heteroatoms. The van der Waals surface area contributed by atoms with Crippen LogP contribution >= 0.6 is 35.3 Å². The van der Waals surface area contributed by atoms with Crippen LogP contribution in [0.4, 0.5) is 52.7 Å². The number of fused-ring (bicyclic) bond motifs is 3. The van der Waals surface area contributed by atoms with E-state index in [1.165, 1.54) is 74.5 Å². The summed E-state index contributed by atoms with van der Waals surface area (Å²) in [6.45, 7) is -44.9. The number of hydrogen-bond donors (Lipinski definition) is 0. The summed E-state index contributed by atoms with van der Waals surface area (Å²) in [5, 5.41) is -3.37. The van der Waals surface area contributed by atoms with Crippen LogP contribution in [-0.4, -0.2) is 154 Å². The fraction of sp³-hybridized carbons (Fsp3) is 0.373. The van der Waals surface area contributed by atoms with Gasteiger partial charge in [0.2, 0.25) is 17.7 Å². The number of rotatable bonds is 39. The van der Waals surface area contributed by atoms with Crippen LogP contribution in [0.25, 0.3) is 33.4 Å². The van der Waals surface area contributed by atoms with E-state index in [2.05, 4.69) is 15.0 Å².